The van der Waals surface area contributed by atoms with Gasteiger partial charge in [-0.15, -0.1) is 15.3 Å². The molecule has 0 bridgehead atoms. The van der Waals surface area contributed by atoms with Gasteiger partial charge in [0, 0.05) is 0 Å². The predicted octanol–water partition coefficient (Wildman–Crippen LogP) is 1.50. The Morgan fingerprint density at radius 1 is 0.864 bits per heavy atom. The topological polar surface area (TPSA) is 106 Å². The molecule has 0 aliphatic heterocycles. The van der Waals surface area contributed by atoms with E-state index < -0.39 is 0 Å². The average Bonchev–Trinajstić information content (AvgIpc) is 3.04. The third-order valence-corrected chi connectivity index (χ3v) is 3.07. The van der Waals surface area contributed by atoms with Crippen LogP contribution in [0.2, 0.25) is 15.6 Å². The molecule has 4 aromatic heterocycles. The van der Waals surface area contributed by atoms with Gasteiger partial charge in [-0.3, -0.25) is 0 Å². The van der Waals surface area contributed by atoms with Crippen molar-refractivity contribution in [1.82, 2.24) is 39.6 Å². The Labute approximate surface area is 136 Å². The lowest BCUT2D eigenvalue weighted by Crippen LogP contribution is -2.11. The fourth-order valence-corrected chi connectivity index (χ4v) is 1.96. The van der Waals surface area contributed by atoms with E-state index in [1.54, 1.807) is 24.3 Å². The lowest BCUT2D eigenvalue weighted by atomic mass is 10.6. The van der Waals surface area contributed by atoms with Gasteiger partial charge in [-0.1, -0.05) is 23.2 Å². The molecule has 1 N–H and O–H groups in total. The number of halogens is 3. The van der Waals surface area contributed by atoms with Gasteiger partial charge in [0.1, 0.15) is 10.3 Å². The first kappa shape index (κ1) is 14.7. The van der Waals surface area contributed by atoms with Gasteiger partial charge in [-0.05, 0) is 35.9 Å². The Morgan fingerprint density at radius 3 is 2.23 bits per heavy atom. The quantitative estimate of drug-likeness (QED) is 0.510. The van der Waals surface area contributed by atoms with Crippen LogP contribution < -0.4 is 5.69 Å². The third-order valence-electron chi connectivity index (χ3n) is 2.43. The van der Waals surface area contributed by atoms with Gasteiger partial charge >= 0.3 is 5.69 Å². The van der Waals surface area contributed by atoms with Gasteiger partial charge in [0.25, 0.3) is 0 Å². The number of hydrogen-bond acceptors (Lipinski definition) is 6. The second-order valence-corrected chi connectivity index (χ2v) is 4.96. The van der Waals surface area contributed by atoms with Crippen LogP contribution in [0.1, 0.15) is 0 Å². The lowest BCUT2D eigenvalue weighted by Gasteiger charge is -1.90. The minimum Gasteiger partial charge on any atom is -0.244 e. The maximum absolute atomic E-state index is 10.9. The molecule has 0 fully saturated rings. The van der Waals surface area contributed by atoms with Gasteiger partial charge in [-0.2, -0.15) is 19.2 Å². The van der Waals surface area contributed by atoms with Crippen LogP contribution in [0.5, 0.6) is 0 Å². The fraction of sp³-hybridized carbons (Fsp3) is 0. The Morgan fingerprint density at radius 2 is 1.50 bits per heavy atom. The molecule has 0 aliphatic rings. The summed E-state index contributed by atoms with van der Waals surface area (Å²) in [5.74, 6) is 0. The van der Waals surface area contributed by atoms with Crippen LogP contribution in [0.4, 0.5) is 0 Å². The third kappa shape index (κ3) is 2.86. The summed E-state index contributed by atoms with van der Waals surface area (Å²) in [6, 6.07) is 6.49. The molecule has 4 rings (SSSR count). The minimum absolute atomic E-state index is 0.211. The highest BCUT2D eigenvalue weighted by Gasteiger charge is 2.02. The zero-order valence-electron chi connectivity index (χ0n) is 10.5. The van der Waals surface area contributed by atoms with Crippen molar-refractivity contribution in [3.05, 3.63) is 50.3 Å². The second-order valence-electron chi connectivity index (χ2n) is 3.85. The van der Waals surface area contributed by atoms with Crippen LogP contribution >= 0.6 is 34.8 Å². The molecular formula is C10H5Cl3N8O. The van der Waals surface area contributed by atoms with Crippen molar-refractivity contribution in [3.8, 4) is 0 Å². The first-order valence-corrected chi connectivity index (χ1v) is 6.81. The average molecular weight is 360 g/mol. The van der Waals surface area contributed by atoms with E-state index in [9.17, 15) is 4.79 Å². The van der Waals surface area contributed by atoms with E-state index in [4.69, 9.17) is 34.8 Å². The molecule has 0 radical (unpaired) electrons. The van der Waals surface area contributed by atoms with Crippen LogP contribution in [0.3, 0.4) is 0 Å². The van der Waals surface area contributed by atoms with E-state index in [0.717, 1.165) is 4.52 Å². The van der Waals surface area contributed by atoms with Crippen LogP contribution in [-0.2, 0) is 0 Å². The SMILES string of the molecule is Clc1ccc2nnc(Cl)n2n1.O=c1[nH]nc2ccc(Cl)nn12. The summed E-state index contributed by atoms with van der Waals surface area (Å²) in [4.78, 5) is 10.9. The zero-order valence-corrected chi connectivity index (χ0v) is 12.7. The van der Waals surface area contributed by atoms with Crippen LogP contribution in [0.15, 0.2) is 29.1 Å². The number of fused-ring (bicyclic) bond motifs is 2. The van der Waals surface area contributed by atoms with Gasteiger partial charge in [-0.25, -0.2) is 9.89 Å². The number of nitrogens with zero attached hydrogens (tertiary/aromatic N) is 7. The molecule has 12 heteroatoms. The maximum atomic E-state index is 10.9. The van der Waals surface area contributed by atoms with E-state index in [2.05, 4.69) is 30.6 Å². The number of hydrogen-bond donors (Lipinski definition) is 1. The highest BCUT2D eigenvalue weighted by Crippen LogP contribution is 2.09. The van der Waals surface area contributed by atoms with Crippen molar-refractivity contribution in [1.29, 1.82) is 0 Å². The van der Waals surface area contributed by atoms with Gasteiger partial charge < -0.3 is 0 Å². The minimum atomic E-state index is -0.387. The molecule has 0 amide bonds. The largest absolute Gasteiger partial charge is 0.364 e. The molecule has 0 aromatic carbocycles. The molecule has 9 nitrogen and oxygen atoms in total. The lowest BCUT2D eigenvalue weighted by molar-refractivity contribution is 0.880. The molecule has 0 unspecified atom stereocenters. The van der Waals surface area contributed by atoms with E-state index >= 15 is 0 Å². The summed E-state index contributed by atoms with van der Waals surface area (Å²) >= 11 is 16.7. The highest BCUT2D eigenvalue weighted by molar-refractivity contribution is 6.30. The van der Waals surface area contributed by atoms with Crippen LogP contribution in [0.25, 0.3) is 11.3 Å². The molecular weight excluding hydrogens is 355 g/mol. The normalized spacial score (nSPS) is 10.7. The molecule has 0 spiro atoms. The highest BCUT2D eigenvalue weighted by atomic mass is 35.5. The molecule has 22 heavy (non-hydrogen) atoms. The maximum Gasteiger partial charge on any atom is 0.364 e. The Kier molecular flexibility index (Phi) is 3.92. The first-order valence-electron chi connectivity index (χ1n) is 5.68. The molecule has 0 atom stereocenters. The Balaban J connectivity index is 0.000000131. The number of nitrogens with one attached hydrogen (secondary N) is 1. The van der Waals surface area contributed by atoms with Gasteiger partial charge in [0.15, 0.2) is 11.3 Å². The molecule has 112 valence electrons. The summed E-state index contributed by atoms with van der Waals surface area (Å²) in [5, 5.41) is 21.6. The summed E-state index contributed by atoms with van der Waals surface area (Å²) in [5.41, 5.74) is 0.654. The standard InChI is InChI=1S/C5H2Cl2N4.C5H3ClN4O/c6-3-1-2-4-8-9-5(7)11(4)10-3;6-3-1-2-4-7-8-5(11)10(4)9-3/h1-2H;1-2H,(H,8,11). The van der Waals surface area contributed by atoms with Crippen molar-refractivity contribution in [2.45, 2.75) is 0 Å². The number of aromatic amines is 1. The molecule has 4 heterocycles. The smallest absolute Gasteiger partial charge is 0.244 e. The zero-order chi connectivity index (χ0) is 15.7. The number of rotatable bonds is 0. The van der Waals surface area contributed by atoms with Crippen molar-refractivity contribution < 1.29 is 0 Å². The van der Waals surface area contributed by atoms with E-state index in [1.165, 1.54) is 4.52 Å². The fourth-order valence-electron chi connectivity index (χ4n) is 1.52. The first-order chi connectivity index (χ1) is 10.5. The van der Waals surface area contributed by atoms with E-state index in [-0.39, 0.29) is 16.1 Å². The Bertz CT molecular complexity index is 1010. The van der Waals surface area contributed by atoms with Crippen molar-refractivity contribution in [2.24, 2.45) is 0 Å². The summed E-state index contributed by atoms with van der Waals surface area (Å²) in [6.07, 6.45) is 0. The van der Waals surface area contributed by atoms with Crippen LogP contribution in [-0.4, -0.2) is 39.6 Å². The second kappa shape index (κ2) is 5.87. The van der Waals surface area contributed by atoms with Gasteiger partial charge in [0.05, 0.1) is 0 Å². The Hall–Kier alpha value is -2.23. The summed E-state index contributed by atoms with van der Waals surface area (Å²) in [6.45, 7) is 0. The van der Waals surface area contributed by atoms with E-state index in [0.29, 0.717) is 16.4 Å². The molecule has 0 saturated heterocycles. The van der Waals surface area contributed by atoms with Crippen LogP contribution in [0, 0.1) is 0 Å². The predicted molar refractivity (Wildman–Crippen MR) is 79.4 cm³/mol. The van der Waals surface area contributed by atoms with Crippen molar-refractivity contribution in [2.75, 3.05) is 0 Å². The molecule has 4 aromatic rings. The number of H-pyrrole nitrogens is 1. The number of aromatic nitrogens is 8. The summed E-state index contributed by atoms with van der Waals surface area (Å²) in [7, 11) is 0. The summed E-state index contributed by atoms with van der Waals surface area (Å²) < 4.78 is 2.46. The molecule has 0 aliphatic carbocycles. The van der Waals surface area contributed by atoms with Crippen molar-refractivity contribution >= 4 is 46.1 Å². The molecule has 0 saturated carbocycles. The monoisotopic (exact) mass is 358 g/mol. The van der Waals surface area contributed by atoms with Gasteiger partial charge in [0.2, 0.25) is 5.28 Å². The van der Waals surface area contributed by atoms with Crippen molar-refractivity contribution in [3.63, 3.8) is 0 Å². The van der Waals surface area contributed by atoms with E-state index in [1.807, 2.05) is 0 Å².